The van der Waals surface area contributed by atoms with E-state index < -0.39 is 0 Å². The lowest BCUT2D eigenvalue weighted by Gasteiger charge is -2.38. The minimum Gasteiger partial charge on any atom is -0.107 e. The van der Waals surface area contributed by atoms with Crippen LogP contribution in [-0.4, -0.2) is 0 Å². The van der Waals surface area contributed by atoms with Crippen molar-refractivity contribution in [3.63, 3.8) is 0 Å². The lowest BCUT2D eigenvalue weighted by Crippen LogP contribution is -2.30. The fourth-order valence-electron chi connectivity index (χ4n) is 6.40. The normalized spacial score (nSPS) is 11.2. The molecule has 90 heavy (non-hydrogen) atoms. The van der Waals surface area contributed by atoms with Crippen molar-refractivity contribution in [2.24, 2.45) is 22.7 Å². The van der Waals surface area contributed by atoms with Crippen LogP contribution in [-0.2, 0) is 5.41 Å². The molecule has 7 aromatic carbocycles. The Hall–Kier alpha value is -6.16. The Labute approximate surface area is 566 Å². The largest absolute Gasteiger partial charge is 0.107 e. The van der Waals surface area contributed by atoms with Gasteiger partial charge in [-0.1, -0.05) is 478 Å². The molecule has 0 amide bonds. The monoisotopic (exact) mass is 1230 g/mol. The second kappa shape index (κ2) is 84.9. The molecule has 0 atom stereocenters. The van der Waals surface area contributed by atoms with Crippen LogP contribution in [0, 0.1) is 34.5 Å². The molecule has 508 valence electrons. The molecule has 2 saturated carbocycles. The summed E-state index contributed by atoms with van der Waals surface area (Å²) >= 11 is 0. The Morgan fingerprint density at radius 2 is 0.411 bits per heavy atom. The van der Waals surface area contributed by atoms with E-state index in [1.165, 1.54) is 94.6 Å². The van der Waals surface area contributed by atoms with Gasteiger partial charge in [0.1, 0.15) is 0 Å². The molecule has 0 heterocycles. The molecule has 0 unspecified atom stereocenters. The summed E-state index contributed by atoms with van der Waals surface area (Å²) in [5, 5.41) is 0. The highest BCUT2D eigenvalue weighted by Crippen LogP contribution is 2.44. The van der Waals surface area contributed by atoms with Crippen LogP contribution in [0.25, 0.3) is 0 Å². The van der Waals surface area contributed by atoms with Gasteiger partial charge in [0.25, 0.3) is 0 Å². The van der Waals surface area contributed by atoms with Crippen molar-refractivity contribution in [2.75, 3.05) is 0 Å². The van der Waals surface area contributed by atoms with E-state index in [0.29, 0.717) is 10.8 Å². The van der Waals surface area contributed by atoms with Crippen molar-refractivity contribution in [2.45, 2.75) is 269 Å². The first-order chi connectivity index (χ1) is 43.0. The Balaban J connectivity index is -0.000000138. The molecule has 2 fully saturated rings. The van der Waals surface area contributed by atoms with E-state index >= 15 is 0 Å². The molecule has 0 saturated heterocycles. The summed E-state index contributed by atoms with van der Waals surface area (Å²) in [5.41, 5.74) is 4.26. The van der Waals surface area contributed by atoms with E-state index in [9.17, 15) is 0 Å². The molecule has 0 bridgehead atoms. The van der Waals surface area contributed by atoms with E-state index in [1.807, 2.05) is 250 Å². The number of allylic oxidation sites excluding steroid dienone is 2. The fourth-order valence-corrected chi connectivity index (χ4v) is 6.40. The molecule has 2 aliphatic rings. The molecule has 7 aromatic rings. The van der Waals surface area contributed by atoms with Crippen molar-refractivity contribution in [3.05, 3.63) is 266 Å². The molecule has 0 nitrogen and oxygen atoms in total. The van der Waals surface area contributed by atoms with Crippen molar-refractivity contribution in [1.29, 1.82) is 0 Å². The summed E-state index contributed by atoms with van der Waals surface area (Å²) in [6.45, 7) is 54.6. The van der Waals surface area contributed by atoms with Crippen molar-refractivity contribution in [1.82, 2.24) is 0 Å². The SMILES string of the molecule is C/C=C/C.C1CCCCC1.CC.CC.CC#CC.CC(C)(C)C.CC(C)(C)C.CC(C)C.CC(C)C.CCC.CCC.c1ccc(C2(c3ccccc3)CCCCC2)cc1.c1ccccc1.c1ccccc1.c1ccccc1.c1ccccc1.c1ccccc1. The van der Waals surface area contributed by atoms with Gasteiger partial charge in [-0.3, -0.25) is 0 Å². The van der Waals surface area contributed by atoms with E-state index in [-0.39, 0.29) is 5.41 Å². The highest BCUT2D eigenvalue weighted by Gasteiger charge is 2.35. The predicted molar refractivity (Wildman–Crippen MR) is 422 cm³/mol. The number of benzene rings is 7. The predicted octanol–water partition coefficient (Wildman–Crippen LogP) is 30.6. The fraction of sp³-hybridized carbons (Fsp3) is 0.489. The van der Waals surface area contributed by atoms with Crippen LogP contribution in [0.5, 0.6) is 0 Å². The van der Waals surface area contributed by atoms with Crippen LogP contribution >= 0.6 is 0 Å². The van der Waals surface area contributed by atoms with E-state index in [0.717, 1.165) is 11.8 Å². The molecular formula is C90H148. The Kier molecular flexibility index (Phi) is 94.4. The molecule has 0 aromatic heterocycles. The Morgan fingerprint density at radius 1 is 0.300 bits per heavy atom. The molecule has 0 spiro atoms. The summed E-state index contributed by atoms with van der Waals surface area (Å²) in [4.78, 5) is 0. The highest BCUT2D eigenvalue weighted by molar-refractivity contribution is 5.39. The van der Waals surface area contributed by atoms with Gasteiger partial charge in [-0.25, -0.2) is 0 Å². The molecular weight excluding hydrogens is 1080 g/mol. The number of hydrogen-bond donors (Lipinski definition) is 0. The average molecular weight is 1230 g/mol. The minimum absolute atomic E-state index is 0.265. The minimum atomic E-state index is 0.265. The van der Waals surface area contributed by atoms with Crippen molar-refractivity contribution in [3.8, 4) is 11.8 Å². The third-order valence-corrected chi connectivity index (χ3v) is 9.78. The lowest BCUT2D eigenvalue weighted by atomic mass is 9.65. The van der Waals surface area contributed by atoms with Gasteiger partial charge < -0.3 is 0 Å². The standard InChI is InChI=1S/C18H20.C6H12.5C6H6.2C5H12.2C4H10.C4H8.C4H6.2C3H8.2C2H6/c1-4-10-16(11-5-1)18(14-8-3-9-15-18)17-12-6-2-7-13-17;6*1-2-4-6-5-3-1;2*1-5(2,3)4;2*1-4(2)3;2*1-3-4-2;2*1-3-2;2*1-2/h1-2,4-7,10-13H,3,8-9,14-15H2;1-6H2;5*1-6H;2*1-4H3;2*4H,1-3H3;3-4H,1-2H3;1-2H3;2*3H2,1-2H3;2*1-2H3/b;;;;;;;;;;;4-3+;;;;;. The molecule has 0 radical (unpaired) electrons. The van der Waals surface area contributed by atoms with Gasteiger partial charge in [-0.2, -0.15) is 0 Å². The third-order valence-electron chi connectivity index (χ3n) is 9.78. The maximum Gasteiger partial charge on any atom is 0.0202 e. The third kappa shape index (κ3) is 110. The van der Waals surface area contributed by atoms with Crippen molar-refractivity contribution >= 4 is 0 Å². The Morgan fingerprint density at radius 3 is 0.522 bits per heavy atom. The van der Waals surface area contributed by atoms with E-state index in [1.54, 1.807) is 0 Å². The van der Waals surface area contributed by atoms with Gasteiger partial charge in [-0.15, -0.1) is 11.8 Å². The zero-order chi connectivity index (χ0) is 70.1. The van der Waals surface area contributed by atoms with Gasteiger partial charge in [0.2, 0.25) is 0 Å². The van der Waals surface area contributed by atoms with Gasteiger partial charge in [0, 0.05) is 5.41 Å². The van der Waals surface area contributed by atoms with Gasteiger partial charge in [0.05, 0.1) is 0 Å². The van der Waals surface area contributed by atoms with Crippen LogP contribution < -0.4 is 0 Å². The summed E-state index contributed by atoms with van der Waals surface area (Å²) < 4.78 is 0. The summed E-state index contributed by atoms with van der Waals surface area (Å²) in [6.07, 6.45) is 22.2. The number of rotatable bonds is 2. The van der Waals surface area contributed by atoms with Crippen LogP contribution in [0.15, 0.2) is 255 Å². The van der Waals surface area contributed by atoms with Gasteiger partial charge >= 0.3 is 0 Å². The summed E-state index contributed by atoms with van der Waals surface area (Å²) in [6, 6.07) is 82.1. The number of hydrogen-bond acceptors (Lipinski definition) is 0. The smallest absolute Gasteiger partial charge is 0.0202 e. The summed E-state index contributed by atoms with van der Waals surface area (Å²) in [5.74, 6) is 7.03. The van der Waals surface area contributed by atoms with Crippen LogP contribution in [0.2, 0.25) is 0 Å². The first-order valence-corrected chi connectivity index (χ1v) is 35.1. The molecule has 0 aliphatic heterocycles. The summed E-state index contributed by atoms with van der Waals surface area (Å²) in [7, 11) is 0. The molecule has 2 aliphatic carbocycles. The second-order valence-electron chi connectivity index (χ2n) is 25.3. The maximum absolute atomic E-state index is 2.68. The average Bonchev–Trinajstić information content (AvgIpc) is 1.35. The maximum atomic E-state index is 2.68. The molecule has 9 rings (SSSR count). The Bertz CT molecular complexity index is 1810. The highest BCUT2D eigenvalue weighted by atomic mass is 14.4. The van der Waals surface area contributed by atoms with Crippen LogP contribution in [0.4, 0.5) is 0 Å². The zero-order valence-electron chi connectivity index (χ0n) is 64.1. The van der Waals surface area contributed by atoms with Crippen molar-refractivity contribution < 1.29 is 0 Å². The lowest BCUT2D eigenvalue weighted by molar-refractivity contribution is 0.346. The molecule has 0 N–H and O–H groups in total. The second-order valence-corrected chi connectivity index (χ2v) is 25.3. The quantitative estimate of drug-likeness (QED) is 0.120. The van der Waals surface area contributed by atoms with Crippen LogP contribution in [0.3, 0.4) is 0 Å². The molecule has 0 heteroatoms. The van der Waals surface area contributed by atoms with Crippen LogP contribution in [0.1, 0.15) is 275 Å². The van der Waals surface area contributed by atoms with Gasteiger partial charge in [0.15, 0.2) is 0 Å². The van der Waals surface area contributed by atoms with E-state index in [2.05, 4.69) is 197 Å². The van der Waals surface area contributed by atoms with E-state index in [4.69, 9.17) is 0 Å². The van der Waals surface area contributed by atoms with Gasteiger partial charge in [-0.05, 0) is 74.3 Å². The zero-order valence-corrected chi connectivity index (χ0v) is 64.1. The topological polar surface area (TPSA) is 0 Å². The first-order valence-electron chi connectivity index (χ1n) is 35.1. The first kappa shape index (κ1) is 100.